The topological polar surface area (TPSA) is 89.8 Å². The molecule has 48 heavy (non-hydrogen) atoms. The maximum atomic E-state index is 14.0. The monoisotopic (exact) mass is 664 g/mol. The van der Waals surface area contributed by atoms with Gasteiger partial charge in [-0.3, -0.25) is 9.36 Å². The third-order valence-corrected chi connectivity index (χ3v) is 8.91. The molecule has 2 N–H and O–H groups in total. The highest BCUT2D eigenvalue weighted by atomic mass is 32.1. The van der Waals surface area contributed by atoms with Crippen LogP contribution in [0.4, 0.5) is 4.79 Å². The quantitative estimate of drug-likeness (QED) is 0.131. The zero-order chi connectivity index (χ0) is 34.3. The second kappa shape index (κ2) is 14.9. The standard InChI is InChI=1S/C40H44N2O5S/c1-28(2)25-33(41-37(44)47-39(3,4)5)27-46-34-23-21-29(22-24-34)26-35-36(43)42(38(45)48-35)40(30-15-9-6-10-16-30,31-17-11-7-12-18-31)32-19-13-8-14-20-32/h6-24,28,33,43H,25-27H2,1-5H3,(H,41,44)/t33-/m1/s1. The molecule has 5 rings (SSSR count). The third-order valence-electron chi connectivity index (χ3n) is 7.98. The van der Waals surface area contributed by atoms with Gasteiger partial charge >= 0.3 is 11.0 Å². The van der Waals surface area contributed by atoms with Crippen LogP contribution in [0.1, 0.15) is 68.2 Å². The molecule has 1 heterocycles. The predicted molar refractivity (Wildman–Crippen MR) is 192 cm³/mol. The van der Waals surface area contributed by atoms with E-state index in [1.165, 1.54) is 4.57 Å². The van der Waals surface area contributed by atoms with E-state index >= 15 is 0 Å². The van der Waals surface area contributed by atoms with E-state index in [9.17, 15) is 14.7 Å². The molecule has 0 aliphatic carbocycles. The van der Waals surface area contributed by atoms with E-state index in [1.54, 1.807) is 0 Å². The minimum Gasteiger partial charge on any atom is -0.494 e. The number of hydrogen-bond acceptors (Lipinski definition) is 6. The number of nitrogens with one attached hydrogen (secondary N) is 1. The first-order chi connectivity index (χ1) is 23.0. The van der Waals surface area contributed by atoms with E-state index < -0.39 is 17.2 Å². The number of alkyl carbamates (subject to hydrolysis) is 1. The fourth-order valence-electron chi connectivity index (χ4n) is 6.04. The maximum Gasteiger partial charge on any atom is 0.407 e. The predicted octanol–water partition coefficient (Wildman–Crippen LogP) is 8.36. The lowest BCUT2D eigenvalue weighted by molar-refractivity contribution is 0.0480. The van der Waals surface area contributed by atoms with Crippen molar-refractivity contribution in [3.05, 3.63) is 152 Å². The average Bonchev–Trinajstić information content (AvgIpc) is 3.33. The van der Waals surface area contributed by atoms with Gasteiger partial charge in [0, 0.05) is 6.42 Å². The number of aromatic nitrogens is 1. The number of thiazole rings is 1. The number of nitrogens with zero attached hydrogens (tertiary/aromatic N) is 1. The van der Waals surface area contributed by atoms with E-state index in [1.807, 2.05) is 136 Å². The number of aromatic hydroxyl groups is 1. The lowest BCUT2D eigenvalue weighted by Gasteiger charge is -2.37. The molecule has 0 spiro atoms. The van der Waals surface area contributed by atoms with Gasteiger partial charge in [-0.15, -0.1) is 0 Å². The number of benzene rings is 4. The molecule has 8 heteroatoms. The molecule has 0 bridgehead atoms. The third kappa shape index (κ3) is 8.00. The number of ether oxygens (including phenoxy) is 2. The second-order valence-corrected chi connectivity index (χ2v) is 14.4. The summed E-state index contributed by atoms with van der Waals surface area (Å²) in [5.74, 6) is 0.948. The highest BCUT2D eigenvalue weighted by Crippen LogP contribution is 2.43. The van der Waals surface area contributed by atoms with E-state index in [2.05, 4.69) is 19.2 Å². The number of carbonyl (C=O) groups is 1. The van der Waals surface area contributed by atoms with Crippen LogP contribution in [0.2, 0.25) is 0 Å². The summed E-state index contributed by atoms with van der Waals surface area (Å²) in [6, 6.07) is 36.9. The summed E-state index contributed by atoms with van der Waals surface area (Å²) >= 11 is 1.05. The van der Waals surface area contributed by atoms with Crippen molar-refractivity contribution in [3.63, 3.8) is 0 Å². The maximum absolute atomic E-state index is 14.0. The Bertz CT molecular complexity index is 1730. The lowest BCUT2D eigenvalue weighted by atomic mass is 9.76. The molecule has 1 aromatic heterocycles. The van der Waals surface area contributed by atoms with Crippen molar-refractivity contribution in [3.8, 4) is 11.6 Å². The molecule has 1 amide bonds. The first-order valence-electron chi connectivity index (χ1n) is 16.3. The summed E-state index contributed by atoms with van der Waals surface area (Å²) in [5.41, 5.74) is 1.82. The van der Waals surface area contributed by atoms with Crippen molar-refractivity contribution in [1.82, 2.24) is 9.88 Å². The van der Waals surface area contributed by atoms with Crippen LogP contribution in [0.5, 0.6) is 11.6 Å². The normalized spacial score (nSPS) is 12.5. The number of amides is 1. The first kappa shape index (κ1) is 34.5. The van der Waals surface area contributed by atoms with Crippen molar-refractivity contribution in [1.29, 1.82) is 0 Å². The second-order valence-electron chi connectivity index (χ2n) is 13.4. The molecule has 4 aromatic carbocycles. The van der Waals surface area contributed by atoms with Gasteiger partial charge in [-0.1, -0.05) is 128 Å². The van der Waals surface area contributed by atoms with Crippen LogP contribution in [0.25, 0.3) is 0 Å². The van der Waals surface area contributed by atoms with Crippen molar-refractivity contribution in [2.75, 3.05) is 6.61 Å². The van der Waals surface area contributed by atoms with E-state index in [0.29, 0.717) is 29.6 Å². The summed E-state index contributed by atoms with van der Waals surface area (Å²) in [6.45, 7) is 9.99. The van der Waals surface area contributed by atoms with Crippen molar-refractivity contribution in [2.24, 2.45) is 5.92 Å². The van der Waals surface area contributed by atoms with Gasteiger partial charge in [0.05, 0.1) is 10.9 Å². The minimum atomic E-state index is -1.10. The van der Waals surface area contributed by atoms with Gasteiger partial charge in [-0.2, -0.15) is 0 Å². The van der Waals surface area contributed by atoms with Gasteiger partial charge in [-0.05, 0) is 67.5 Å². The van der Waals surface area contributed by atoms with Crippen LogP contribution in [0.3, 0.4) is 0 Å². The van der Waals surface area contributed by atoms with E-state index in [-0.39, 0.29) is 16.8 Å². The Kier molecular flexibility index (Phi) is 10.7. The molecule has 7 nitrogen and oxygen atoms in total. The van der Waals surface area contributed by atoms with Crippen LogP contribution < -0.4 is 14.9 Å². The Morgan fingerprint density at radius 1 is 0.812 bits per heavy atom. The number of hydrogen-bond donors (Lipinski definition) is 2. The Morgan fingerprint density at radius 3 is 1.77 bits per heavy atom. The molecule has 1 atom stereocenters. The molecule has 0 radical (unpaired) electrons. The van der Waals surface area contributed by atoms with Crippen LogP contribution in [0, 0.1) is 5.92 Å². The van der Waals surface area contributed by atoms with Crippen LogP contribution in [0.15, 0.2) is 120 Å². The molecule has 0 saturated carbocycles. The molecule has 250 valence electrons. The van der Waals surface area contributed by atoms with Crippen LogP contribution in [-0.4, -0.2) is 34.0 Å². The van der Waals surface area contributed by atoms with Crippen LogP contribution >= 0.6 is 11.3 Å². The fraction of sp³-hybridized carbons (Fsp3) is 0.300. The van der Waals surface area contributed by atoms with Gasteiger partial charge in [0.25, 0.3) is 0 Å². The highest BCUT2D eigenvalue weighted by Gasteiger charge is 2.42. The fourth-order valence-corrected chi connectivity index (χ4v) is 6.99. The van der Waals surface area contributed by atoms with Crippen molar-refractivity contribution < 1.29 is 19.4 Å². The van der Waals surface area contributed by atoms with Gasteiger partial charge in [-0.25, -0.2) is 4.79 Å². The smallest absolute Gasteiger partial charge is 0.407 e. The Balaban J connectivity index is 1.42. The molecular weight excluding hydrogens is 621 g/mol. The molecule has 5 aromatic rings. The Labute approximate surface area is 286 Å². The van der Waals surface area contributed by atoms with Crippen molar-refractivity contribution in [2.45, 2.75) is 64.6 Å². The summed E-state index contributed by atoms with van der Waals surface area (Å²) < 4.78 is 13.1. The molecule has 0 aliphatic heterocycles. The first-order valence-corrected chi connectivity index (χ1v) is 17.1. The van der Waals surface area contributed by atoms with Gasteiger partial charge < -0.3 is 19.9 Å². The zero-order valence-electron chi connectivity index (χ0n) is 28.2. The minimum absolute atomic E-state index is 0.0633. The summed E-state index contributed by atoms with van der Waals surface area (Å²) in [5, 5.41) is 14.8. The van der Waals surface area contributed by atoms with E-state index in [0.717, 1.165) is 40.0 Å². The number of rotatable bonds is 12. The molecule has 0 fully saturated rings. The van der Waals surface area contributed by atoms with Gasteiger partial charge in [0.2, 0.25) is 5.88 Å². The van der Waals surface area contributed by atoms with E-state index in [4.69, 9.17) is 9.47 Å². The Morgan fingerprint density at radius 2 is 1.31 bits per heavy atom. The van der Waals surface area contributed by atoms with Gasteiger partial charge in [0.15, 0.2) is 0 Å². The summed E-state index contributed by atoms with van der Waals surface area (Å²) in [7, 11) is 0. The summed E-state index contributed by atoms with van der Waals surface area (Å²) in [4.78, 5) is 26.7. The number of carbonyl (C=O) groups excluding carboxylic acids is 1. The van der Waals surface area contributed by atoms with Gasteiger partial charge in [0.1, 0.15) is 23.5 Å². The molecule has 0 saturated heterocycles. The van der Waals surface area contributed by atoms with Crippen molar-refractivity contribution >= 4 is 17.4 Å². The Hall–Kier alpha value is -4.82. The molecule has 0 aliphatic rings. The molecule has 0 unspecified atom stereocenters. The lowest BCUT2D eigenvalue weighted by Crippen LogP contribution is -2.42. The summed E-state index contributed by atoms with van der Waals surface area (Å²) in [6.07, 6.45) is 0.640. The molecular formula is C40H44N2O5S. The largest absolute Gasteiger partial charge is 0.494 e. The average molecular weight is 665 g/mol. The highest BCUT2D eigenvalue weighted by molar-refractivity contribution is 7.09. The SMILES string of the molecule is CC(C)C[C@H](COc1ccc(Cc2sc(=O)n(C(c3ccccc3)(c3ccccc3)c3ccccc3)c2O)cc1)NC(=O)OC(C)(C)C. The van der Waals surface area contributed by atoms with Crippen LogP contribution in [-0.2, 0) is 16.7 Å². The zero-order valence-corrected chi connectivity index (χ0v) is 29.0.